The van der Waals surface area contributed by atoms with E-state index in [1.165, 1.54) is 6.92 Å². The van der Waals surface area contributed by atoms with Gasteiger partial charge in [0.15, 0.2) is 22.6 Å². The first kappa shape index (κ1) is 18.0. The molecule has 2 aromatic heterocycles. The van der Waals surface area contributed by atoms with E-state index in [4.69, 9.17) is 33.7 Å². The van der Waals surface area contributed by atoms with Crippen molar-refractivity contribution in [3.05, 3.63) is 22.4 Å². The van der Waals surface area contributed by atoms with E-state index in [1.54, 1.807) is 0 Å². The van der Waals surface area contributed by atoms with Crippen molar-refractivity contribution in [2.45, 2.75) is 36.3 Å². The molecule has 0 bridgehead atoms. The zero-order chi connectivity index (χ0) is 18.5. The number of rotatable bonds is 2. The lowest BCUT2D eigenvalue weighted by Crippen LogP contribution is -2.43. The lowest BCUT2D eigenvalue weighted by atomic mass is 9.97. The highest BCUT2D eigenvalue weighted by Gasteiger charge is 2.57. The number of nitrogen functional groups attached to an aromatic ring is 1. The van der Waals surface area contributed by atoms with E-state index in [0.29, 0.717) is 0 Å². The van der Waals surface area contributed by atoms with Gasteiger partial charge in [0.05, 0.1) is 6.10 Å². The van der Waals surface area contributed by atoms with E-state index in [-0.39, 0.29) is 17.0 Å². The number of halogens is 3. The third kappa shape index (κ3) is 2.67. The summed E-state index contributed by atoms with van der Waals surface area (Å²) >= 11 is 11.9. The molecular weight excluding hydrogens is 378 g/mol. The fourth-order valence-corrected chi connectivity index (χ4v) is 3.40. The Labute approximate surface area is 150 Å². The second-order valence-electron chi connectivity index (χ2n) is 5.66. The highest BCUT2D eigenvalue weighted by Crippen LogP contribution is 2.45. The molecule has 3 heterocycles. The summed E-state index contributed by atoms with van der Waals surface area (Å²) in [5.41, 5.74) is 4.58. The minimum atomic E-state index is -1.82. The monoisotopic (exact) mass is 390 g/mol. The van der Waals surface area contributed by atoms with Crippen LogP contribution in [0.25, 0.3) is 11.0 Å². The van der Waals surface area contributed by atoms with Crippen LogP contribution in [-0.4, -0.2) is 47.9 Å². The molecule has 3 rings (SSSR count). The van der Waals surface area contributed by atoms with Crippen LogP contribution < -0.4 is 11.3 Å². The van der Waals surface area contributed by atoms with Crippen molar-refractivity contribution in [1.29, 1.82) is 0 Å². The fourth-order valence-electron chi connectivity index (χ4n) is 2.87. The first-order valence-electron chi connectivity index (χ1n) is 7.09. The number of hydrogen-bond donors (Lipinski definition) is 4. The molecule has 5 atom stereocenters. The zero-order valence-electron chi connectivity index (χ0n) is 12.7. The molecule has 2 aromatic rings. The largest absolute Gasteiger partial charge is 0.391 e. The van der Waals surface area contributed by atoms with Gasteiger partial charge in [0.1, 0.15) is 17.6 Å². The molecule has 1 fully saturated rings. The summed E-state index contributed by atoms with van der Waals surface area (Å²) in [6, 6.07) is 0. The number of ether oxygens (including phenoxy) is 1. The van der Waals surface area contributed by atoms with Crippen LogP contribution >= 0.6 is 23.2 Å². The van der Waals surface area contributed by atoms with Gasteiger partial charge in [-0.3, -0.25) is 14.3 Å². The van der Waals surface area contributed by atoms with E-state index < -0.39 is 40.8 Å². The minimum Gasteiger partial charge on any atom is -0.391 e. The smallest absolute Gasteiger partial charge is 0.264 e. The molecule has 0 amide bonds. The van der Waals surface area contributed by atoms with Gasteiger partial charge < -0.3 is 20.7 Å². The zero-order valence-corrected chi connectivity index (χ0v) is 14.2. The molecule has 8 nitrogen and oxygen atoms in total. The van der Waals surface area contributed by atoms with Gasteiger partial charge in [0.25, 0.3) is 5.56 Å². The van der Waals surface area contributed by atoms with E-state index >= 15 is 0 Å². The summed E-state index contributed by atoms with van der Waals surface area (Å²) in [5.74, 6) is 1.28. The number of anilines is 1. The van der Waals surface area contributed by atoms with Crippen LogP contribution in [0.1, 0.15) is 13.2 Å². The van der Waals surface area contributed by atoms with Crippen LogP contribution in [0, 0.1) is 17.1 Å². The number of nitrogens with one attached hydrogen (secondary N) is 1. The van der Waals surface area contributed by atoms with E-state index in [2.05, 4.69) is 21.3 Å². The van der Waals surface area contributed by atoms with Gasteiger partial charge in [0, 0.05) is 11.6 Å². The van der Waals surface area contributed by atoms with Crippen LogP contribution in [-0.2, 0) is 4.74 Å². The molecule has 25 heavy (non-hydrogen) atoms. The summed E-state index contributed by atoms with van der Waals surface area (Å²) in [4.78, 5) is 16.2. The van der Waals surface area contributed by atoms with Gasteiger partial charge in [0.2, 0.25) is 5.95 Å². The lowest BCUT2D eigenvalue weighted by molar-refractivity contribution is -0.0752. The summed E-state index contributed by atoms with van der Waals surface area (Å²) in [7, 11) is 0. The molecule has 0 aliphatic carbocycles. The van der Waals surface area contributed by atoms with E-state index in [0.717, 1.165) is 10.8 Å². The van der Waals surface area contributed by atoms with Crippen LogP contribution in [0.15, 0.2) is 11.0 Å². The molecule has 134 valence electrons. The van der Waals surface area contributed by atoms with Crippen molar-refractivity contribution >= 4 is 40.2 Å². The third-order valence-corrected chi connectivity index (χ3v) is 4.61. The standard InChI is InChI=1S/C14H13Cl2FN4O4/c1-5(22)8-9(23)14(16,2-3-15)12(25-8)21-4-6(17)7-10(21)19-13(18)20-11(7)24/h4-5,8-9,12,22-23H,1H3,(H3,18,19,20,24)/t5-,8+,9-,12+,14?/m0/s1. The fraction of sp³-hybridized carbons (Fsp3) is 0.429. The maximum Gasteiger partial charge on any atom is 0.264 e. The molecule has 1 saturated heterocycles. The maximum atomic E-state index is 14.2. The third-order valence-electron chi connectivity index (χ3n) is 4.01. The van der Waals surface area contributed by atoms with Gasteiger partial charge in [-0.1, -0.05) is 17.5 Å². The van der Waals surface area contributed by atoms with Gasteiger partial charge in [-0.15, -0.1) is 0 Å². The van der Waals surface area contributed by atoms with Crippen LogP contribution in [0.2, 0.25) is 0 Å². The normalized spacial score (nSPS) is 30.2. The predicted octanol–water partition coefficient (Wildman–Crippen LogP) is 0.262. The molecule has 5 N–H and O–H groups in total. The molecule has 0 spiro atoms. The molecule has 1 unspecified atom stereocenters. The Balaban J connectivity index is 2.25. The summed E-state index contributed by atoms with van der Waals surface area (Å²) in [6.45, 7) is 1.39. The Bertz CT molecular complexity index is 950. The molecule has 0 radical (unpaired) electrons. The number of fused-ring (bicyclic) bond motifs is 1. The number of aromatic amines is 1. The number of aliphatic hydroxyl groups is 2. The Morgan fingerprint density at radius 1 is 1.64 bits per heavy atom. The first-order valence-corrected chi connectivity index (χ1v) is 7.85. The highest BCUT2D eigenvalue weighted by atomic mass is 35.5. The van der Waals surface area contributed by atoms with Crippen LogP contribution in [0.3, 0.4) is 0 Å². The van der Waals surface area contributed by atoms with Crippen molar-refractivity contribution in [2.75, 3.05) is 5.73 Å². The maximum absolute atomic E-state index is 14.2. The lowest BCUT2D eigenvalue weighted by Gasteiger charge is -2.25. The van der Waals surface area contributed by atoms with E-state index in [1.807, 2.05) is 0 Å². The SMILES string of the molecule is C[C@H](O)[C@H]1O[C@@H](n2cc(F)c3c(=O)[nH]c(N)nc32)C(Cl)(C#CCl)[C@H]1O. The van der Waals surface area contributed by atoms with Crippen molar-refractivity contribution < 1.29 is 19.3 Å². The molecule has 1 aliphatic rings. The van der Waals surface area contributed by atoms with Crippen molar-refractivity contribution in [3.63, 3.8) is 0 Å². The summed E-state index contributed by atoms with van der Waals surface area (Å²) < 4.78 is 20.9. The Hall–Kier alpha value is -1.83. The first-order chi connectivity index (χ1) is 11.7. The number of alkyl halides is 1. The average molecular weight is 391 g/mol. The average Bonchev–Trinajstić information content (AvgIpc) is 2.96. The summed E-state index contributed by atoms with van der Waals surface area (Å²) in [6.07, 6.45) is -4.05. The minimum absolute atomic E-state index is 0.149. The van der Waals surface area contributed by atoms with Crippen molar-refractivity contribution in [3.8, 4) is 11.3 Å². The van der Waals surface area contributed by atoms with E-state index in [9.17, 15) is 19.4 Å². The van der Waals surface area contributed by atoms with Crippen molar-refractivity contribution in [2.24, 2.45) is 0 Å². The van der Waals surface area contributed by atoms with Gasteiger partial charge in [-0.25, -0.2) is 4.39 Å². The second-order valence-corrected chi connectivity index (χ2v) is 6.47. The second kappa shape index (κ2) is 6.16. The predicted molar refractivity (Wildman–Crippen MR) is 88.5 cm³/mol. The number of aliphatic hydroxyl groups excluding tert-OH is 2. The molecule has 0 aromatic carbocycles. The van der Waals surface area contributed by atoms with Gasteiger partial charge in [-0.05, 0) is 18.5 Å². The van der Waals surface area contributed by atoms with Crippen LogP contribution in [0.4, 0.5) is 10.3 Å². The number of nitrogens with zero attached hydrogens (tertiary/aromatic N) is 2. The Kier molecular flexibility index (Phi) is 4.43. The highest BCUT2D eigenvalue weighted by molar-refractivity contribution is 6.32. The number of nitrogens with two attached hydrogens (primary N) is 1. The molecular formula is C14H13Cl2FN4O4. The molecule has 11 heteroatoms. The number of H-pyrrole nitrogens is 1. The Morgan fingerprint density at radius 2 is 2.32 bits per heavy atom. The quantitative estimate of drug-likeness (QED) is 0.430. The molecule has 0 saturated carbocycles. The Morgan fingerprint density at radius 3 is 2.92 bits per heavy atom. The van der Waals surface area contributed by atoms with Gasteiger partial charge in [-0.2, -0.15) is 4.98 Å². The molecule has 1 aliphatic heterocycles. The number of hydrogen-bond acceptors (Lipinski definition) is 6. The topological polar surface area (TPSA) is 126 Å². The summed E-state index contributed by atoms with van der Waals surface area (Å²) in [5, 5.41) is 21.9. The van der Waals surface area contributed by atoms with Crippen LogP contribution in [0.5, 0.6) is 0 Å². The van der Waals surface area contributed by atoms with Gasteiger partial charge >= 0.3 is 0 Å². The van der Waals surface area contributed by atoms with Crippen molar-refractivity contribution in [1.82, 2.24) is 14.5 Å². The number of aromatic nitrogens is 3.